The number of aromatic amines is 1. The molecular weight excluding hydrogens is 278 g/mol. The summed E-state index contributed by atoms with van der Waals surface area (Å²) in [6.07, 6.45) is 0.0181. The largest absolute Gasteiger partial charge is 0.481 e. The van der Waals surface area contributed by atoms with Gasteiger partial charge < -0.3 is 10.1 Å². The number of rotatable bonds is 2. The van der Waals surface area contributed by atoms with Crippen molar-refractivity contribution in [3.63, 3.8) is 0 Å². The van der Waals surface area contributed by atoms with Gasteiger partial charge in [-0.25, -0.2) is 0 Å². The SMILES string of the molecule is O=C(O)Cc1cc(Br)c(Br)[nH]1. The maximum atomic E-state index is 10.2. The zero-order valence-electron chi connectivity index (χ0n) is 5.40. The number of halogens is 2. The number of carbonyl (C=O) groups is 1. The lowest BCUT2D eigenvalue weighted by Gasteiger charge is -1.87. The van der Waals surface area contributed by atoms with Crippen LogP contribution in [0.3, 0.4) is 0 Å². The van der Waals surface area contributed by atoms with E-state index in [2.05, 4.69) is 36.8 Å². The molecular formula is C6H5Br2NO2. The number of carboxylic acids is 1. The number of aromatic nitrogens is 1. The zero-order valence-corrected chi connectivity index (χ0v) is 8.57. The van der Waals surface area contributed by atoms with Crippen LogP contribution in [-0.4, -0.2) is 16.1 Å². The molecule has 0 amide bonds. The van der Waals surface area contributed by atoms with Gasteiger partial charge in [-0.05, 0) is 37.9 Å². The summed E-state index contributed by atoms with van der Waals surface area (Å²) >= 11 is 6.45. The van der Waals surface area contributed by atoms with Crippen molar-refractivity contribution in [2.75, 3.05) is 0 Å². The van der Waals surface area contributed by atoms with E-state index in [0.717, 1.165) is 9.08 Å². The number of H-pyrrole nitrogens is 1. The number of hydrogen-bond acceptors (Lipinski definition) is 1. The predicted molar refractivity (Wildman–Crippen MR) is 47.5 cm³/mol. The molecule has 60 valence electrons. The van der Waals surface area contributed by atoms with Crippen molar-refractivity contribution in [1.82, 2.24) is 4.98 Å². The molecule has 0 bridgehead atoms. The van der Waals surface area contributed by atoms with E-state index in [1.807, 2.05) is 0 Å². The van der Waals surface area contributed by atoms with E-state index < -0.39 is 5.97 Å². The third-order valence-electron chi connectivity index (χ3n) is 1.12. The Balaban J connectivity index is 2.81. The fraction of sp³-hybridized carbons (Fsp3) is 0.167. The van der Waals surface area contributed by atoms with Gasteiger partial charge in [0.1, 0.15) is 0 Å². The lowest BCUT2D eigenvalue weighted by atomic mass is 10.3. The van der Waals surface area contributed by atoms with Gasteiger partial charge in [0.05, 0.1) is 11.0 Å². The molecule has 0 aromatic carbocycles. The van der Waals surface area contributed by atoms with Gasteiger partial charge in [-0.15, -0.1) is 0 Å². The molecule has 1 heterocycles. The van der Waals surface area contributed by atoms with Crippen molar-refractivity contribution in [3.8, 4) is 0 Å². The fourth-order valence-electron chi connectivity index (χ4n) is 0.711. The van der Waals surface area contributed by atoms with Crippen LogP contribution in [0, 0.1) is 0 Å². The molecule has 0 radical (unpaired) electrons. The Bertz CT molecular complexity index is 263. The second kappa shape index (κ2) is 3.40. The second-order valence-electron chi connectivity index (χ2n) is 2.03. The monoisotopic (exact) mass is 281 g/mol. The molecule has 0 atom stereocenters. The summed E-state index contributed by atoms with van der Waals surface area (Å²) < 4.78 is 1.61. The molecule has 1 aromatic heterocycles. The molecule has 0 saturated carbocycles. The van der Waals surface area contributed by atoms with Crippen molar-refractivity contribution in [1.29, 1.82) is 0 Å². The molecule has 0 spiro atoms. The maximum Gasteiger partial charge on any atom is 0.309 e. The lowest BCUT2D eigenvalue weighted by molar-refractivity contribution is -0.136. The first kappa shape index (κ1) is 8.80. The van der Waals surface area contributed by atoms with Gasteiger partial charge in [0, 0.05) is 10.2 Å². The molecule has 1 rings (SSSR count). The summed E-state index contributed by atoms with van der Waals surface area (Å²) in [6.45, 7) is 0. The van der Waals surface area contributed by atoms with Gasteiger partial charge in [0.15, 0.2) is 0 Å². The van der Waals surface area contributed by atoms with Gasteiger partial charge in [0.2, 0.25) is 0 Å². The molecule has 11 heavy (non-hydrogen) atoms. The van der Waals surface area contributed by atoms with Crippen LogP contribution in [0.5, 0.6) is 0 Å². The van der Waals surface area contributed by atoms with E-state index in [1.165, 1.54) is 0 Å². The second-order valence-corrected chi connectivity index (χ2v) is 3.67. The number of hydrogen-bond donors (Lipinski definition) is 2. The minimum atomic E-state index is -0.841. The van der Waals surface area contributed by atoms with E-state index in [-0.39, 0.29) is 6.42 Å². The normalized spacial score (nSPS) is 10.0. The van der Waals surface area contributed by atoms with Crippen molar-refractivity contribution in [3.05, 3.63) is 20.8 Å². The van der Waals surface area contributed by atoms with Crippen molar-refractivity contribution >= 4 is 37.8 Å². The minimum absolute atomic E-state index is 0.0181. The molecule has 0 fully saturated rings. The van der Waals surface area contributed by atoms with Crippen LogP contribution in [0.4, 0.5) is 0 Å². The average Bonchev–Trinajstić information content (AvgIpc) is 2.10. The summed E-state index contributed by atoms with van der Waals surface area (Å²) in [6, 6.07) is 1.73. The molecule has 3 nitrogen and oxygen atoms in total. The quantitative estimate of drug-likeness (QED) is 0.873. The molecule has 0 aliphatic carbocycles. The Morgan fingerprint density at radius 2 is 2.27 bits per heavy atom. The summed E-state index contributed by atoms with van der Waals surface area (Å²) in [7, 11) is 0. The highest BCUT2D eigenvalue weighted by Gasteiger charge is 2.05. The standard InChI is InChI=1S/C6H5Br2NO2/c7-4-1-3(2-5(10)11)9-6(4)8/h1,9H,2H2,(H,10,11). The average molecular weight is 283 g/mol. The molecule has 5 heteroatoms. The van der Waals surface area contributed by atoms with Gasteiger partial charge in [-0.1, -0.05) is 0 Å². The first-order chi connectivity index (χ1) is 5.09. The summed E-state index contributed by atoms with van der Waals surface area (Å²) in [4.78, 5) is 13.1. The van der Waals surface area contributed by atoms with E-state index in [1.54, 1.807) is 6.07 Å². The lowest BCUT2D eigenvalue weighted by Crippen LogP contribution is -1.99. The molecule has 0 unspecified atom stereocenters. The molecule has 1 aromatic rings. The highest BCUT2D eigenvalue weighted by molar-refractivity contribution is 9.13. The minimum Gasteiger partial charge on any atom is -0.481 e. The van der Waals surface area contributed by atoms with Crippen LogP contribution >= 0.6 is 31.9 Å². The summed E-state index contributed by atoms with van der Waals surface area (Å²) in [5.74, 6) is -0.841. The third-order valence-corrected chi connectivity index (χ3v) is 2.91. The smallest absolute Gasteiger partial charge is 0.309 e. The van der Waals surface area contributed by atoms with Crippen LogP contribution in [0.25, 0.3) is 0 Å². The van der Waals surface area contributed by atoms with Crippen LogP contribution in [0.15, 0.2) is 15.1 Å². The van der Waals surface area contributed by atoms with Crippen LogP contribution in [0.1, 0.15) is 5.69 Å². The zero-order chi connectivity index (χ0) is 8.43. The molecule has 0 saturated heterocycles. The first-order valence-electron chi connectivity index (χ1n) is 2.84. The number of aliphatic carboxylic acids is 1. The molecule has 0 aliphatic heterocycles. The Morgan fingerprint density at radius 3 is 2.64 bits per heavy atom. The van der Waals surface area contributed by atoms with Crippen molar-refractivity contribution in [2.24, 2.45) is 0 Å². The van der Waals surface area contributed by atoms with Gasteiger partial charge in [-0.2, -0.15) is 0 Å². The third kappa shape index (κ3) is 2.34. The van der Waals surface area contributed by atoms with Crippen LogP contribution in [0.2, 0.25) is 0 Å². The van der Waals surface area contributed by atoms with Crippen LogP contribution in [-0.2, 0) is 11.2 Å². The first-order valence-corrected chi connectivity index (χ1v) is 4.43. The summed E-state index contributed by atoms with van der Waals surface area (Å²) in [5.41, 5.74) is 0.677. The van der Waals surface area contributed by atoms with Gasteiger partial charge >= 0.3 is 5.97 Å². The Morgan fingerprint density at radius 1 is 1.64 bits per heavy atom. The number of carboxylic acid groups (broad SMARTS) is 1. The highest BCUT2D eigenvalue weighted by atomic mass is 79.9. The van der Waals surface area contributed by atoms with E-state index in [0.29, 0.717) is 5.69 Å². The molecule has 0 aliphatic rings. The van der Waals surface area contributed by atoms with E-state index in [4.69, 9.17) is 5.11 Å². The summed E-state index contributed by atoms with van der Waals surface area (Å²) in [5, 5.41) is 8.42. The van der Waals surface area contributed by atoms with E-state index >= 15 is 0 Å². The number of nitrogens with one attached hydrogen (secondary N) is 1. The Labute approximate surface area is 80.1 Å². The van der Waals surface area contributed by atoms with Crippen molar-refractivity contribution in [2.45, 2.75) is 6.42 Å². The van der Waals surface area contributed by atoms with Crippen LogP contribution < -0.4 is 0 Å². The van der Waals surface area contributed by atoms with Gasteiger partial charge in [-0.3, -0.25) is 4.79 Å². The van der Waals surface area contributed by atoms with Gasteiger partial charge in [0.25, 0.3) is 0 Å². The highest BCUT2D eigenvalue weighted by Crippen LogP contribution is 2.23. The predicted octanol–water partition coefficient (Wildman–Crippen LogP) is 2.17. The Kier molecular flexibility index (Phi) is 2.72. The fourth-order valence-corrected chi connectivity index (χ4v) is 1.46. The van der Waals surface area contributed by atoms with E-state index in [9.17, 15) is 4.79 Å². The Hall–Kier alpha value is -0.290. The maximum absolute atomic E-state index is 10.2. The topological polar surface area (TPSA) is 53.1 Å². The van der Waals surface area contributed by atoms with Crippen molar-refractivity contribution < 1.29 is 9.90 Å². The molecule has 2 N–H and O–H groups in total.